The van der Waals surface area contributed by atoms with Crippen LogP contribution in [0, 0.1) is 0 Å². The van der Waals surface area contributed by atoms with Gasteiger partial charge in [0.05, 0.1) is 5.69 Å². The minimum atomic E-state index is -0.328. The van der Waals surface area contributed by atoms with Crippen molar-refractivity contribution in [2.45, 2.75) is 44.4 Å². The highest BCUT2D eigenvalue weighted by Crippen LogP contribution is 2.38. The summed E-state index contributed by atoms with van der Waals surface area (Å²) in [5.41, 5.74) is 4.07. The highest BCUT2D eigenvalue weighted by atomic mass is 32.2. The first-order chi connectivity index (χ1) is 16.1. The van der Waals surface area contributed by atoms with E-state index in [0.29, 0.717) is 16.3 Å². The second-order valence-electron chi connectivity index (χ2n) is 7.97. The molecule has 4 rings (SSSR count). The van der Waals surface area contributed by atoms with Gasteiger partial charge in [0.15, 0.2) is 0 Å². The molecule has 5 heteroatoms. The molecule has 3 aromatic rings. The molecule has 4 nitrogen and oxygen atoms in total. The van der Waals surface area contributed by atoms with Crippen LogP contribution in [0.4, 0.5) is 11.4 Å². The van der Waals surface area contributed by atoms with E-state index in [2.05, 4.69) is 19.2 Å². The molecule has 0 saturated heterocycles. The maximum atomic E-state index is 13.5. The minimum absolute atomic E-state index is 0.299. The molecule has 168 valence electrons. The monoisotopic (exact) mass is 456 g/mol. The van der Waals surface area contributed by atoms with Crippen LogP contribution in [0.15, 0.2) is 94.4 Å². The Hall–Kier alpha value is -3.31. The number of thioether (sulfide) groups is 1. The number of carbonyl (C=O) groups excluding carboxylic acids is 2. The van der Waals surface area contributed by atoms with E-state index in [0.717, 1.165) is 41.8 Å². The first-order valence-electron chi connectivity index (χ1n) is 11.4. The smallest absolute Gasteiger partial charge is 0.283 e. The van der Waals surface area contributed by atoms with Crippen LogP contribution >= 0.6 is 11.8 Å². The fourth-order valence-electron chi connectivity index (χ4n) is 3.83. The zero-order valence-electron chi connectivity index (χ0n) is 19.0. The predicted molar refractivity (Wildman–Crippen MR) is 136 cm³/mol. The van der Waals surface area contributed by atoms with Gasteiger partial charge >= 0.3 is 0 Å². The summed E-state index contributed by atoms with van der Waals surface area (Å²) in [5.74, 6) is -0.628. The van der Waals surface area contributed by atoms with Crippen molar-refractivity contribution in [2.75, 3.05) is 10.2 Å². The highest BCUT2D eigenvalue weighted by molar-refractivity contribution is 8.04. The number of hydrogen-bond donors (Lipinski definition) is 1. The molecular weight excluding hydrogens is 428 g/mol. The number of amides is 2. The highest BCUT2D eigenvalue weighted by Gasteiger charge is 2.40. The number of unbranched alkanes of at least 4 members (excludes halogenated alkanes) is 1. The number of anilines is 2. The number of nitrogens with one attached hydrogen (secondary N) is 1. The van der Waals surface area contributed by atoms with Crippen LogP contribution in [-0.4, -0.2) is 11.8 Å². The van der Waals surface area contributed by atoms with Crippen molar-refractivity contribution < 1.29 is 9.59 Å². The summed E-state index contributed by atoms with van der Waals surface area (Å²) in [7, 11) is 0. The molecule has 1 aliphatic rings. The van der Waals surface area contributed by atoms with Gasteiger partial charge in [0.1, 0.15) is 10.6 Å². The fourth-order valence-corrected chi connectivity index (χ4v) is 4.78. The van der Waals surface area contributed by atoms with Gasteiger partial charge in [-0.05, 0) is 60.7 Å². The van der Waals surface area contributed by atoms with E-state index < -0.39 is 0 Å². The summed E-state index contributed by atoms with van der Waals surface area (Å²) in [5, 5.41) is 3.30. The summed E-state index contributed by atoms with van der Waals surface area (Å²) in [6, 6.07) is 25.3. The number of carbonyl (C=O) groups is 2. The molecule has 1 aliphatic heterocycles. The van der Waals surface area contributed by atoms with E-state index in [1.54, 1.807) is 0 Å². The topological polar surface area (TPSA) is 49.4 Å². The Balaban J connectivity index is 1.69. The Morgan fingerprint density at radius 3 is 2.21 bits per heavy atom. The SMILES string of the molecule is CCCCc1ccc(N2C(=O)C(Nc3ccccc3CC)=C(Sc3ccccc3)C2=O)cc1. The quantitative estimate of drug-likeness (QED) is 0.370. The lowest BCUT2D eigenvalue weighted by molar-refractivity contribution is -0.120. The molecule has 2 amide bonds. The van der Waals surface area contributed by atoms with Gasteiger partial charge in [-0.2, -0.15) is 0 Å². The molecule has 0 spiro atoms. The Bertz CT molecular complexity index is 1170. The van der Waals surface area contributed by atoms with Crippen LogP contribution in [0.25, 0.3) is 0 Å². The molecule has 33 heavy (non-hydrogen) atoms. The van der Waals surface area contributed by atoms with Crippen molar-refractivity contribution in [3.63, 3.8) is 0 Å². The Labute approximate surface area is 199 Å². The van der Waals surface area contributed by atoms with Crippen molar-refractivity contribution in [1.82, 2.24) is 0 Å². The average molecular weight is 457 g/mol. The molecule has 0 radical (unpaired) electrons. The fraction of sp³-hybridized carbons (Fsp3) is 0.214. The summed E-state index contributed by atoms with van der Waals surface area (Å²) < 4.78 is 0. The standard InChI is InChI=1S/C28H28N2O2S/c1-3-5-11-20-16-18-22(19-17-20)30-27(31)25(29-24-15-10-9-12-21(24)4-2)26(28(30)32)33-23-13-7-6-8-14-23/h6-10,12-19,29H,3-5,11H2,1-2H3. The second kappa shape index (κ2) is 10.5. The molecule has 0 bridgehead atoms. The van der Waals surface area contributed by atoms with E-state index in [1.165, 1.54) is 22.2 Å². The molecule has 1 heterocycles. The van der Waals surface area contributed by atoms with Crippen LogP contribution in [0.1, 0.15) is 37.8 Å². The van der Waals surface area contributed by atoms with Crippen molar-refractivity contribution in [3.05, 3.63) is 101 Å². The number of aryl methyl sites for hydroxylation is 2. The molecule has 0 unspecified atom stereocenters. The molecule has 0 fully saturated rings. The van der Waals surface area contributed by atoms with Crippen LogP contribution in [0.2, 0.25) is 0 Å². The Morgan fingerprint density at radius 1 is 0.818 bits per heavy atom. The third kappa shape index (κ3) is 5.04. The van der Waals surface area contributed by atoms with E-state index in [4.69, 9.17) is 0 Å². The maximum Gasteiger partial charge on any atom is 0.283 e. The molecule has 1 N–H and O–H groups in total. The number of rotatable bonds is 9. The third-order valence-corrected chi connectivity index (χ3v) is 6.77. The van der Waals surface area contributed by atoms with Gasteiger partial charge in [-0.3, -0.25) is 9.59 Å². The molecule has 0 aliphatic carbocycles. The molecule has 3 aromatic carbocycles. The van der Waals surface area contributed by atoms with Crippen molar-refractivity contribution in [1.29, 1.82) is 0 Å². The third-order valence-electron chi connectivity index (χ3n) is 5.68. The maximum absolute atomic E-state index is 13.5. The number of imide groups is 1. The molecule has 0 saturated carbocycles. The number of benzene rings is 3. The van der Waals surface area contributed by atoms with Gasteiger partial charge in [-0.1, -0.05) is 80.6 Å². The zero-order chi connectivity index (χ0) is 23.2. The number of nitrogens with zero attached hydrogens (tertiary/aromatic N) is 1. The van der Waals surface area contributed by atoms with Crippen molar-refractivity contribution >= 4 is 35.0 Å². The second-order valence-corrected chi connectivity index (χ2v) is 9.05. The van der Waals surface area contributed by atoms with Gasteiger partial charge in [0.25, 0.3) is 11.8 Å². The summed E-state index contributed by atoms with van der Waals surface area (Å²) in [4.78, 5) is 29.7. The van der Waals surface area contributed by atoms with Crippen LogP contribution in [0.5, 0.6) is 0 Å². The van der Waals surface area contributed by atoms with Gasteiger partial charge < -0.3 is 5.32 Å². The van der Waals surface area contributed by atoms with Gasteiger partial charge in [0, 0.05) is 10.6 Å². The lowest BCUT2D eigenvalue weighted by Gasteiger charge is -2.16. The number of para-hydroxylation sites is 1. The zero-order valence-corrected chi connectivity index (χ0v) is 19.8. The largest absolute Gasteiger partial charge is 0.350 e. The first kappa shape index (κ1) is 22.9. The molecule has 0 atom stereocenters. The van der Waals surface area contributed by atoms with Crippen LogP contribution in [0.3, 0.4) is 0 Å². The van der Waals surface area contributed by atoms with E-state index in [1.807, 2.05) is 78.9 Å². The summed E-state index contributed by atoms with van der Waals surface area (Å²) in [6.45, 7) is 4.24. The molecule has 0 aromatic heterocycles. The minimum Gasteiger partial charge on any atom is -0.350 e. The average Bonchev–Trinajstić information content (AvgIpc) is 3.08. The van der Waals surface area contributed by atoms with Crippen molar-refractivity contribution in [3.8, 4) is 0 Å². The van der Waals surface area contributed by atoms with Crippen molar-refractivity contribution in [2.24, 2.45) is 0 Å². The lowest BCUT2D eigenvalue weighted by Crippen LogP contribution is -2.32. The lowest BCUT2D eigenvalue weighted by atomic mass is 10.1. The van der Waals surface area contributed by atoms with Crippen LogP contribution < -0.4 is 10.2 Å². The van der Waals surface area contributed by atoms with E-state index in [9.17, 15) is 9.59 Å². The van der Waals surface area contributed by atoms with Gasteiger partial charge in [-0.25, -0.2) is 4.90 Å². The van der Waals surface area contributed by atoms with Crippen LogP contribution in [-0.2, 0) is 22.4 Å². The first-order valence-corrected chi connectivity index (χ1v) is 12.2. The Morgan fingerprint density at radius 2 is 1.52 bits per heavy atom. The van der Waals surface area contributed by atoms with Gasteiger partial charge in [-0.15, -0.1) is 0 Å². The summed E-state index contributed by atoms with van der Waals surface area (Å²) in [6.07, 6.45) is 4.06. The summed E-state index contributed by atoms with van der Waals surface area (Å²) >= 11 is 1.32. The normalized spacial score (nSPS) is 13.7. The molecular formula is C28H28N2O2S. The van der Waals surface area contributed by atoms with E-state index >= 15 is 0 Å². The van der Waals surface area contributed by atoms with E-state index in [-0.39, 0.29) is 11.8 Å². The van der Waals surface area contributed by atoms with Gasteiger partial charge in [0.2, 0.25) is 0 Å². The number of hydrogen-bond acceptors (Lipinski definition) is 4. The predicted octanol–water partition coefficient (Wildman–Crippen LogP) is 6.58. The Kier molecular flexibility index (Phi) is 7.30.